The van der Waals surface area contributed by atoms with Crippen LogP contribution in [0.25, 0.3) is 0 Å². The Balaban J connectivity index is 0. The standard InChI is InChI=1S/C9H18O.Na/c1-4-5-6-7-8-10-9(2)3;/h2,4-8H2,1,3H3;. The second-order valence-electron chi connectivity index (χ2n) is 2.61. The minimum atomic E-state index is 0. The third-order valence-corrected chi connectivity index (χ3v) is 1.35. The van der Waals surface area contributed by atoms with Gasteiger partial charge in [-0.05, 0) is 13.3 Å². The van der Waals surface area contributed by atoms with Crippen molar-refractivity contribution in [3.63, 3.8) is 0 Å². The van der Waals surface area contributed by atoms with E-state index < -0.39 is 0 Å². The number of unbranched alkanes of at least 4 members (excludes halogenated alkanes) is 3. The zero-order chi connectivity index (χ0) is 7.82. The van der Waals surface area contributed by atoms with Gasteiger partial charge in [-0.15, -0.1) is 0 Å². The maximum atomic E-state index is 5.19. The molecule has 0 heterocycles. The molecule has 0 aromatic heterocycles. The van der Waals surface area contributed by atoms with Crippen molar-refractivity contribution in [1.29, 1.82) is 0 Å². The van der Waals surface area contributed by atoms with Crippen LogP contribution in [0.4, 0.5) is 0 Å². The van der Waals surface area contributed by atoms with Gasteiger partial charge in [0.15, 0.2) is 0 Å². The molecule has 0 aromatic rings. The normalized spacial score (nSPS) is 8.55. The molecule has 0 bridgehead atoms. The van der Waals surface area contributed by atoms with Gasteiger partial charge in [-0.25, -0.2) is 0 Å². The second kappa shape index (κ2) is 10.5. The minimum absolute atomic E-state index is 0. The average molecular weight is 165 g/mol. The SMILES string of the molecule is C=C(C)OCCCCCC.[Na]. The third kappa shape index (κ3) is 13.5. The van der Waals surface area contributed by atoms with E-state index in [-0.39, 0.29) is 29.6 Å². The number of hydrogen-bond acceptors (Lipinski definition) is 1. The van der Waals surface area contributed by atoms with E-state index in [1.807, 2.05) is 6.92 Å². The van der Waals surface area contributed by atoms with Crippen LogP contribution >= 0.6 is 0 Å². The summed E-state index contributed by atoms with van der Waals surface area (Å²) >= 11 is 0. The van der Waals surface area contributed by atoms with Gasteiger partial charge in [-0.3, -0.25) is 0 Å². The molecular formula is C9H18NaO. The Morgan fingerprint density at radius 1 is 1.27 bits per heavy atom. The Morgan fingerprint density at radius 3 is 2.36 bits per heavy atom. The summed E-state index contributed by atoms with van der Waals surface area (Å²) in [6, 6.07) is 0. The summed E-state index contributed by atoms with van der Waals surface area (Å²) in [6.45, 7) is 8.59. The summed E-state index contributed by atoms with van der Waals surface area (Å²) in [5.74, 6) is 0.830. The van der Waals surface area contributed by atoms with Gasteiger partial charge in [0.2, 0.25) is 0 Å². The fourth-order valence-corrected chi connectivity index (χ4v) is 0.775. The summed E-state index contributed by atoms with van der Waals surface area (Å²) < 4.78 is 5.19. The Labute approximate surface area is 92.5 Å². The molecule has 0 unspecified atom stereocenters. The Morgan fingerprint density at radius 2 is 1.91 bits per heavy atom. The number of rotatable bonds is 6. The molecule has 0 N–H and O–H groups in total. The molecule has 0 atom stereocenters. The van der Waals surface area contributed by atoms with Gasteiger partial charge in [0, 0.05) is 29.6 Å². The number of hydrogen-bond donors (Lipinski definition) is 0. The van der Waals surface area contributed by atoms with Gasteiger partial charge < -0.3 is 4.74 Å². The molecule has 1 nitrogen and oxygen atoms in total. The summed E-state index contributed by atoms with van der Waals surface area (Å²) in [6.07, 6.45) is 5.05. The van der Waals surface area contributed by atoms with Crippen molar-refractivity contribution < 1.29 is 4.74 Å². The van der Waals surface area contributed by atoms with E-state index in [4.69, 9.17) is 4.74 Å². The predicted octanol–water partition coefficient (Wildman–Crippen LogP) is 2.74. The smallest absolute Gasteiger partial charge is 0.0876 e. The van der Waals surface area contributed by atoms with E-state index in [1.165, 1.54) is 25.7 Å². The molecule has 11 heavy (non-hydrogen) atoms. The van der Waals surface area contributed by atoms with E-state index in [0.717, 1.165) is 12.4 Å². The quantitative estimate of drug-likeness (QED) is 0.334. The van der Waals surface area contributed by atoms with Gasteiger partial charge in [0.25, 0.3) is 0 Å². The van der Waals surface area contributed by atoms with Crippen LogP contribution in [-0.4, -0.2) is 36.2 Å². The monoisotopic (exact) mass is 165 g/mol. The van der Waals surface area contributed by atoms with Gasteiger partial charge in [0.1, 0.15) is 0 Å². The maximum absolute atomic E-state index is 5.19. The van der Waals surface area contributed by atoms with Gasteiger partial charge in [0.05, 0.1) is 12.4 Å². The van der Waals surface area contributed by atoms with Crippen molar-refractivity contribution >= 4 is 29.6 Å². The molecule has 0 aliphatic rings. The molecule has 0 amide bonds. The molecule has 0 saturated carbocycles. The first-order valence-corrected chi connectivity index (χ1v) is 4.05. The summed E-state index contributed by atoms with van der Waals surface area (Å²) in [7, 11) is 0. The van der Waals surface area contributed by atoms with Crippen LogP contribution in [-0.2, 0) is 4.74 Å². The molecule has 0 aliphatic carbocycles. The van der Waals surface area contributed by atoms with Crippen molar-refractivity contribution in [3.05, 3.63) is 12.3 Å². The van der Waals surface area contributed by atoms with Crippen LogP contribution < -0.4 is 0 Å². The molecule has 0 fully saturated rings. The van der Waals surface area contributed by atoms with E-state index in [1.54, 1.807) is 0 Å². The van der Waals surface area contributed by atoms with Crippen molar-refractivity contribution in [3.8, 4) is 0 Å². The molecule has 61 valence electrons. The molecule has 1 radical (unpaired) electrons. The summed E-state index contributed by atoms with van der Waals surface area (Å²) in [4.78, 5) is 0. The van der Waals surface area contributed by atoms with Crippen LogP contribution in [0.5, 0.6) is 0 Å². The Hall–Kier alpha value is 0.540. The van der Waals surface area contributed by atoms with E-state index >= 15 is 0 Å². The Bertz CT molecular complexity index is 91.6. The molecule has 0 spiro atoms. The van der Waals surface area contributed by atoms with Gasteiger partial charge in [-0.2, -0.15) is 0 Å². The molecule has 0 aromatic carbocycles. The van der Waals surface area contributed by atoms with E-state index in [0.29, 0.717) is 0 Å². The van der Waals surface area contributed by atoms with Gasteiger partial charge >= 0.3 is 0 Å². The molecule has 2 heteroatoms. The molecule has 0 saturated heterocycles. The zero-order valence-electron chi connectivity index (χ0n) is 8.15. The van der Waals surface area contributed by atoms with Crippen molar-refractivity contribution in [2.24, 2.45) is 0 Å². The average Bonchev–Trinajstić information content (AvgIpc) is 1.87. The van der Waals surface area contributed by atoms with Crippen LogP contribution in [0, 0.1) is 0 Å². The van der Waals surface area contributed by atoms with Crippen molar-refractivity contribution in [2.45, 2.75) is 39.5 Å². The summed E-state index contributed by atoms with van der Waals surface area (Å²) in [5, 5.41) is 0. The van der Waals surface area contributed by atoms with E-state index in [9.17, 15) is 0 Å². The Kier molecular flexibility index (Phi) is 13.5. The fourth-order valence-electron chi connectivity index (χ4n) is 0.775. The van der Waals surface area contributed by atoms with Crippen molar-refractivity contribution in [1.82, 2.24) is 0 Å². The van der Waals surface area contributed by atoms with Crippen LogP contribution in [0.2, 0.25) is 0 Å². The molecular weight excluding hydrogens is 147 g/mol. The fraction of sp³-hybridized carbons (Fsp3) is 0.778. The third-order valence-electron chi connectivity index (χ3n) is 1.35. The summed E-state index contributed by atoms with van der Waals surface area (Å²) in [5.41, 5.74) is 0. The second-order valence-corrected chi connectivity index (χ2v) is 2.61. The van der Waals surface area contributed by atoms with E-state index in [2.05, 4.69) is 13.5 Å². The first-order chi connectivity index (χ1) is 4.77. The number of allylic oxidation sites excluding steroid dienone is 1. The molecule has 0 aliphatic heterocycles. The first kappa shape index (κ1) is 14.1. The molecule has 0 rings (SSSR count). The largest absolute Gasteiger partial charge is 0.499 e. The van der Waals surface area contributed by atoms with Crippen molar-refractivity contribution in [2.75, 3.05) is 6.61 Å². The number of ether oxygens (including phenoxy) is 1. The topological polar surface area (TPSA) is 9.23 Å². The minimum Gasteiger partial charge on any atom is -0.499 e. The van der Waals surface area contributed by atoms with Crippen LogP contribution in [0.1, 0.15) is 39.5 Å². The zero-order valence-corrected chi connectivity index (χ0v) is 10.2. The van der Waals surface area contributed by atoms with Crippen LogP contribution in [0.15, 0.2) is 12.3 Å². The van der Waals surface area contributed by atoms with Crippen LogP contribution in [0.3, 0.4) is 0 Å². The maximum Gasteiger partial charge on any atom is 0.0876 e. The first-order valence-electron chi connectivity index (χ1n) is 4.05. The predicted molar refractivity (Wildman–Crippen MR) is 50.7 cm³/mol. The van der Waals surface area contributed by atoms with Gasteiger partial charge in [-0.1, -0.05) is 32.8 Å².